The van der Waals surface area contributed by atoms with Crippen molar-refractivity contribution in [2.75, 3.05) is 38.2 Å². The van der Waals surface area contributed by atoms with Crippen molar-refractivity contribution in [3.63, 3.8) is 0 Å². The number of benzene rings is 2. The molecular formula is C24H34IN5O2. The van der Waals surface area contributed by atoms with E-state index in [0.717, 1.165) is 56.6 Å². The molecule has 1 fully saturated rings. The number of amides is 1. The Morgan fingerprint density at radius 2 is 1.81 bits per heavy atom. The second kappa shape index (κ2) is 14.1. The second-order valence-electron chi connectivity index (χ2n) is 7.59. The van der Waals surface area contributed by atoms with Gasteiger partial charge in [0.25, 0.3) is 0 Å². The van der Waals surface area contributed by atoms with Crippen molar-refractivity contribution in [2.45, 2.75) is 33.5 Å². The molecule has 0 bridgehead atoms. The Morgan fingerprint density at radius 1 is 1.06 bits per heavy atom. The molecule has 1 amide bonds. The van der Waals surface area contributed by atoms with E-state index in [1.165, 1.54) is 18.1 Å². The Labute approximate surface area is 208 Å². The fraction of sp³-hybridized carbons (Fsp3) is 0.417. The monoisotopic (exact) mass is 551 g/mol. The van der Waals surface area contributed by atoms with Gasteiger partial charge in [-0.1, -0.05) is 36.4 Å². The van der Waals surface area contributed by atoms with E-state index in [9.17, 15) is 4.79 Å². The summed E-state index contributed by atoms with van der Waals surface area (Å²) in [7, 11) is 0. The van der Waals surface area contributed by atoms with Crippen LogP contribution in [0.1, 0.15) is 30.5 Å². The zero-order chi connectivity index (χ0) is 21.9. The summed E-state index contributed by atoms with van der Waals surface area (Å²) in [5, 5.41) is 9.58. The third kappa shape index (κ3) is 8.76. The third-order valence-electron chi connectivity index (χ3n) is 5.07. The molecule has 0 radical (unpaired) electrons. The highest BCUT2D eigenvalue weighted by atomic mass is 127. The van der Waals surface area contributed by atoms with Crippen LogP contribution < -0.4 is 16.0 Å². The zero-order valence-corrected chi connectivity index (χ0v) is 21.2. The number of nitrogens with zero attached hydrogens (tertiary/aromatic N) is 2. The van der Waals surface area contributed by atoms with Gasteiger partial charge in [0, 0.05) is 45.3 Å². The maximum Gasteiger partial charge on any atom is 0.221 e. The number of rotatable bonds is 8. The molecule has 1 aliphatic heterocycles. The molecule has 7 nitrogen and oxygen atoms in total. The van der Waals surface area contributed by atoms with E-state index in [2.05, 4.69) is 52.0 Å². The van der Waals surface area contributed by atoms with E-state index in [1.807, 2.05) is 24.3 Å². The van der Waals surface area contributed by atoms with Gasteiger partial charge in [-0.15, -0.1) is 24.0 Å². The predicted molar refractivity (Wildman–Crippen MR) is 140 cm³/mol. The molecule has 3 N–H and O–H groups in total. The second-order valence-corrected chi connectivity index (χ2v) is 7.59. The van der Waals surface area contributed by atoms with Gasteiger partial charge < -0.3 is 20.7 Å². The maximum absolute atomic E-state index is 11.3. The number of carbonyl (C=O) groups excluding carboxylic acids is 1. The lowest BCUT2D eigenvalue weighted by Crippen LogP contribution is -2.38. The highest BCUT2D eigenvalue weighted by Crippen LogP contribution is 2.14. The number of hydrogen-bond donors (Lipinski definition) is 3. The molecule has 0 atom stereocenters. The molecule has 1 aliphatic rings. The quantitative estimate of drug-likeness (QED) is 0.267. The van der Waals surface area contributed by atoms with Gasteiger partial charge in [-0.2, -0.15) is 0 Å². The molecule has 0 unspecified atom stereocenters. The van der Waals surface area contributed by atoms with Gasteiger partial charge in [-0.05, 0) is 35.7 Å². The summed E-state index contributed by atoms with van der Waals surface area (Å²) in [5.41, 5.74) is 4.43. The molecule has 174 valence electrons. The Kier molecular flexibility index (Phi) is 11.5. The summed E-state index contributed by atoms with van der Waals surface area (Å²) < 4.78 is 5.46. The molecule has 1 saturated heterocycles. The van der Waals surface area contributed by atoms with Gasteiger partial charge in [0.15, 0.2) is 5.96 Å². The van der Waals surface area contributed by atoms with E-state index in [-0.39, 0.29) is 29.9 Å². The van der Waals surface area contributed by atoms with Crippen LogP contribution >= 0.6 is 24.0 Å². The molecule has 0 spiro atoms. The summed E-state index contributed by atoms with van der Waals surface area (Å²) in [6.07, 6.45) is 0. The maximum atomic E-state index is 11.3. The fourth-order valence-electron chi connectivity index (χ4n) is 3.53. The Bertz CT molecular complexity index is 884. The number of morpholine rings is 1. The van der Waals surface area contributed by atoms with Crippen molar-refractivity contribution in [3.8, 4) is 0 Å². The van der Waals surface area contributed by atoms with Crippen LogP contribution in [0.3, 0.4) is 0 Å². The van der Waals surface area contributed by atoms with Crippen molar-refractivity contribution < 1.29 is 9.53 Å². The third-order valence-corrected chi connectivity index (χ3v) is 5.07. The average Bonchev–Trinajstić information content (AvgIpc) is 2.77. The zero-order valence-electron chi connectivity index (χ0n) is 18.9. The average molecular weight is 551 g/mol. The number of aliphatic imine (C=N–C) groups is 1. The van der Waals surface area contributed by atoms with Crippen LogP contribution in [0.25, 0.3) is 0 Å². The minimum Gasteiger partial charge on any atom is -0.379 e. The molecule has 2 aromatic carbocycles. The highest BCUT2D eigenvalue weighted by Gasteiger charge is 2.12. The number of carbonyl (C=O) groups is 1. The summed E-state index contributed by atoms with van der Waals surface area (Å²) in [6, 6.07) is 16.3. The minimum absolute atomic E-state index is 0. The standard InChI is InChI=1S/C24H33N5O2.HI/c1-3-25-24(26-16-20-7-6-10-23(15-20)28-19(2)30)27-17-21-8-4-5-9-22(21)18-29-11-13-31-14-12-29;/h4-10,15H,3,11-14,16-18H2,1-2H3,(H,28,30)(H2,25,26,27);1H. The van der Waals surface area contributed by atoms with Crippen LogP contribution in [-0.4, -0.2) is 49.6 Å². The first-order valence-corrected chi connectivity index (χ1v) is 10.9. The van der Waals surface area contributed by atoms with Crippen LogP contribution in [0.5, 0.6) is 0 Å². The Balaban J connectivity index is 0.00000363. The summed E-state index contributed by atoms with van der Waals surface area (Å²) in [6.45, 7) is 10.1. The predicted octanol–water partition coefficient (Wildman–Crippen LogP) is 3.35. The van der Waals surface area contributed by atoms with Gasteiger partial charge in [0.05, 0.1) is 19.8 Å². The lowest BCUT2D eigenvalue weighted by molar-refractivity contribution is -0.114. The first-order valence-electron chi connectivity index (χ1n) is 10.9. The molecule has 32 heavy (non-hydrogen) atoms. The molecule has 0 aliphatic carbocycles. The SMILES string of the molecule is CCNC(=NCc1cccc(NC(C)=O)c1)NCc1ccccc1CN1CCOCC1.I. The molecule has 8 heteroatoms. The fourth-order valence-corrected chi connectivity index (χ4v) is 3.53. The van der Waals surface area contributed by atoms with Gasteiger partial charge in [-0.3, -0.25) is 9.69 Å². The molecule has 2 aromatic rings. The van der Waals surface area contributed by atoms with Crippen LogP contribution in [0.2, 0.25) is 0 Å². The molecule has 3 rings (SSSR count). The van der Waals surface area contributed by atoms with Crippen molar-refractivity contribution >= 4 is 41.5 Å². The van der Waals surface area contributed by atoms with E-state index >= 15 is 0 Å². The van der Waals surface area contributed by atoms with Crippen LogP contribution in [0.15, 0.2) is 53.5 Å². The van der Waals surface area contributed by atoms with E-state index in [0.29, 0.717) is 13.1 Å². The largest absolute Gasteiger partial charge is 0.379 e. The Hall–Kier alpha value is -2.17. The Morgan fingerprint density at radius 3 is 2.53 bits per heavy atom. The topological polar surface area (TPSA) is 78.0 Å². The number of ether oxygens (including phenoxy) is 1. The lowest BCUT2D eigenvalue weighted by Gasteiger charge is -2.27. The number of halogens is 1. The van der Waals surface area contributed by atoms with Gasteiger partial charge in [-0.25, -0.2) is 4.99 Å². The van der Waals surface area contributed by atoms with Crippen LogP contribution in [0, 0.1) is 0 Å². The number of guanidine groups is 1. The summed E-state index contributed by atoms with van der Waals surface area (Å²) in [5.74, 6) is 0.694. The molecule has 1 heterocycles. The smallest absolute Gasteiger partial charge is 0.221 e. The first-order chi connectivity index (χ1) is 15.1. The van der Waals surface area contributed by atoms with E-state index in [1.54, 1.807) is 0 Å². The normalized spacial score (nSPS) is 14.4. The van der Waals surface area contributed by atoms with Crippen LogP contribution in [0.4, 0.5) is 5.69 Å². The van der Waals surface area contributed by atoms with Gasteiger partial charge in [0.1, 0.15) is 0 Å². The first kappa shape index (κ1) is 26.1. The number of anilines is 1. The molecular weight excluding hydrogens is 517 g/mol. The van der Waals surface area contributed by atoms with Crippen molar-refractivity contribution in [2.24, 2.45) is 4.99 Å². The van der Waals surface area contributed by atoms with Gasteiger partial charge >= 0.3 is 0 Å². The molecule has 0 saturated carbocycles. The highest BCUT2D eigenvalue weighted by molar-refractivity contribution is 14.0. The van der Waals surface area contributed by atoms with E-state index < -0.39 is 0 Å². The number of nitrogens with one attached hydrogen (secondary N) is 3. The lowest BCUT2D eigenvalue weighted by atomic mass is 10.1. The van der Waals surface area contributed by atoms with Crippen LogP contribution in [-0.2, 0) is 29.2 Å². The minimum atomic E-state index is -0.0774. The van der Waals surface area contributed by atoms with Gasteiger partial charge in [0.2, 0.25) is 5.91 Å². The van der Waals surface area contributed by atoms with Crippen molar-refractivity contribution in [3.05, 3.63) is 65.2 Å². The number of hydrogen-bond acceptors (Lipinski definition) is 4. The summed E-state index contributed by atoms with van der Waals surface area (Å²) in [4.78, 5) is 18.4. The molecule has 0 aromatic heterocycles. The van der Waals surface area contributed by atoms with Crippen molar-refractivity contribution in [1.29, 1.82) is 0 Å². The van der Waals surface area contributed by atoms with Crippen molar-refractivity contribution in [1.82, 2.24) is 15.5 Å². The van der Waals surface area contributed by atoms with E-state index in [4.69, 9.17) is 9.73 Å². The summed E-state index contributed by atoms with van der Waals surface area (Å²) >= 11 is 0.